The highest BCUT2D eigenvalue weighted by atomic mass is 19.1. The molecule has 2 aliphatic carbocycles. The van der Waals surface area contributed by atoms with Crippen molar-refractivity contribution in [1.82, 2.24) is 14.9 Å². The van der Waals surface area contributed by atoms with E-state index in [-0.39, 0.29) is 29.0 Å². The summed E-state index contributed by atoms with van der Waals surface area (Å²) < 4.78 is 20.9. The number of para-hydroxylation sites is 2. The van der Waals surface area contributed by atoms with Gasteiger partial charge in [0.15, 0.2) is 0 Å². The van der Waals surface area contributed by atoms with Crippen molar-refractivity contribution in [2.45, 2.75) is 90.1 Å². The molecule has 1 saturated carbocycles. The number of aromatic amines is 1. The number of halogens is 1. The van der Waals surface area contributed by atoms with Crippen LogP contribution in [0.1, 0.15) is 88.6 Å². The molecule has 0 amide bonds. The Bertz CT molecular complexity index is 1260. The van der Waals surface area contributed by atoms with Crippen molar-refractivity contribution in [2.75, 3.05) is 20.1 Å². The number of esters is 1. The van der Waals surface area contributed by atoms with Crippen molar-refractivity contribution in [3.8, 4) is 0 Å². The van der Waals surface area contributed by atoms with Crippen LogP contribution in [0.25, 0.3) is 11.0 Å². The lowest BCUT2D eigenvalue weighted by Crippen LogP contribution is -2.52. The minimum absolute atomic E-state index is 0.0139. The van der Waals surface area contributed by atoms with Crippen molar-refractivity contribution >= 4 is 17.0 Å². The summed E-state index contributed by atoms with van der Waals surface area (Å²) in [6.45, 7) is 8.31. The van der Waals surface area contributed by atoms with Crippen LogP contribution in [0.2, 0.25) is 0 Å². The van der Waals surface area contributed by atoms with Crippen molar-refractivity contribution in [1.29, 1.82) is 0 Å². The Morgan fingerprint density at radius 2 is 1.97 bits per heavy atom. The summed E-state index contributed by atoms with van der Waals surface area (Å²) >= 11 is 0. The first-order chi connectivity index (χ1) is 18.7. The molecule has 0 unspecified atom stereocenters. The maximum absolute atomic E-state index is 14.1. The number of aryl methyl sites for hydroxylation is 2. The molecule has 5 nitrogen and oxygen atoms in total. The van der Waals surface area contributed by atoms with Gasteiger partial charge in [-0.1, -0.05) is 45.4 Å². The monoisotopic (exact) mass is 533 g/mol. The van der Waals surface area contributed by atoms with Crippen LogP contribution in [0.15, 0.2) is 42.5 Å². The lowest BCUT2D eigenvalue weighted by atomic mass is 9.64. The van der Waals surface area contributed by atoms with E-state index in [0.717, 1.165) is 98.9 Å². The van der Waals surface area contributed by atoms with E-state index >= 15 is 0 Å². The molecule has 1 fully saturated rings. The number of hydrogen-bond donors (Lipinski definition) is 1. The first-order valence-corrected chi connectivity index (χ1v) is 14.9. The third-order valence-corrected chi connectivity index (χ3v) is 9.52. The highest BCUT2D eigenvalue weighted by Gasteiger charge is 2.52. The summed E-state index contributed by atoms with van der Waals surface area (Å²) in [4.78, 5) is 24.2. The predicted octanol–water partition coefficient (Wildman–Crippen LogP) is 7.20. The standard InChI is InChI=1S/C33H44FN3O2/c1-5-32(16-9-17-32)31(38)39-33(18-15-24-22-25(34)13-14-26(24)30(33)23(2)3)19-21-37(4)20-8-12-29-35-27-10-6-7-11-28(27)36-29/h6-7,10-11,13-14,22-23,30H,5,8-9,12,15-21H2,1-4H3,(H,35,36)/t30-,33-/m0/s1. The number of imidazole rings is 1. The zero-order chi connectivity index (χ0) is 27.6. The number of nitrogens with zero attached hydrogens (tertiary/aromatic N) is 2. The second-order valence-electron chi connectivity index (χ2n) is 12.4. The Balaban J connectivity index is 1.31. The molecule has 3 aromatic rings. The largest absolute Gasteiger partial charge is 0.458 e. The molecule has 0 aliphatic heterocycles. The molecule has 0 spiro atoms. The van der Waals surface area contributed by atoms with Gasteiger partial charge in [-0.2, -0.15) is 0 Å². The fourth-order valence-corrected chi connectivity index (χ4v) is 7.02. The third-order valence-electron chi connectivity index (χ3n) is 9.52. The fourth-order valence-electron chi connectivity index (χ4n) is 7.02. The van der Waals surface area contributed by atoms with Gasteiger partial charge in [0.2, 0.25) is 0 Å². The third kappa shape index (κ3) is 5.63. The van der Waals surface area contributed by atoms with Gasteiger partial charge < -0.3 is 14.6 Å². The van der Waals surface area contributed by atoms with Crippen molar-refractivity contribution < 1.29 is 13.9 Å². The Labute approximate surface area is 232 Å². The Hall–Kier alpha value is -2.73. The van der Waals surface area contributed by atoms with Crippen LogP contribution in [-0.2, 0) is 22.4 Å². The highest BCUT2D eigenvalue weighted by molar-refractivity contribution is 5.78. The van der Waals surface area contributed by atoms with E-state index in [0.29, 0.717) is 0 Å². The van der Waals surface area contributed by atoms with Gasteiger partial charge in [-0.15, -0.1) is 0 Å². The SMILES string of the molecule is CCC1(C(=O)O[C@]2(CCN(C)CCCc3nc4ccccc4[nH]3)CCc3cc(F)ccc3[C@@H]2C(C)C)CCC1. The first kappa shape index (κ1) is 27.8. The van der Waals surface area contributed by atoms with E-state index in [2.05, 4.69) is 43.8 Å². The number of nitrogens with one attached hydrogen (secondary N) is 1. The van der Waals surface area contributed by atoms with Gasteiger partial charge in [-0.05, 0) is 93.4 Å². The van der Waals surface area contributed by atoms with Gasteiger partial charge in [0.05, 0.1) is 16.4 Å². The molecule has 39 heavy (non-hydrogen) atoms. The van der Waals surface area contributed by atoms with Crippen molar-refractivity contribution in [3.05, 3.63) is 65.2 Å². The van der Waals surface area contributed by atoms with Crippen LogP contribution in [0.5, 0.6) is 0 Å². The molecule has 0 saturated heterocycles. The Morgan fingerprint density at radius 1 is 1.18 bits per heavy atom. The van der Waals surface area contributed by atoms with E-state index < -0.39 is 5.60 Å². The number of carbonyl (C=O) groups is 1. The number of benzene rings is 2. The fraction of sp³-hybridized carbons (Fsp3) is 0.576. The predicted molar refractivity (Wildman–Crippen MR) is 154 cm³/mol. The molecule has 2 aliphatic rings. The summed E-state index contributed by atoms with van der Waals surface area (Å²) in [5.41, 5.74) is 3.40. The normalized spacial score (nSPS) is 22.2. The van der Waals surface area contributed by atoms with Gasteiger partial charge in [-0.25, -0.2) is 9.37 Å². The van der Waals surface area contributed by atoms with Crippen molar-refractivity contribution in [2.24, 2.45) is 11.3 Å². The first-order valence-electron chi connectivity index (χ1n) is 14.9. The van der Waals surface area contributed by atoms with Gasteiger partial charge in [0.25, 0.3) is 0 Å². The van der Waals surface area contributed by atoms with Crippen LogP contribution >= 0.6 is 0 Å². The average molecular weight is 534 g/mol. The molecule has 2 aromatic carbocycles. The number of fused-ring (bicyclic) bond motifs is 2. The average Bonchev–Trinajstić information content (AvgIpc) is 3.30. The second kappa shape index (κ2) is 11.4. The van der Waals surface area contributed by atoms with Gasteiger partial charge in [0, 0.05) is 25.3 Å². The molecular weight excluding hydrogens is 489 g/mol. The molecule has 1 aromatic heterocycles. The number of rotatable bonds is 11. The summed E-state index contributed by atoms with van der Waals surface area (Å²) in [6, 6.07) is 13.3. The summed E-state index contributed by atoms with van der Waals surface area (Å²) in [5, 5.41) is 0. The van der Waals surface area contributed by atoms with E-state index in [9.17, 15) is 9.18 Å². The number of H-pyrrole nitrogens is 1. The molecule has 1 heterocycles. The zero-order valence-electron chi connectivity index (χ0n) is 24.1. The molecule has 0 radical (unpaired) electrons. The van der Waals surface area contributed by atoms with Crippen LogP contribution in [0, 0.1) is 17.2 Å². The molecule has 2 atom stereocenters. The topological polar surface area (TPSA) is 58.2 Å². The van der Waals surface area contributed by atoms with E-state index in [4.69, 9.17) is 9.72 Å². The molecular formula is C33H44FN3O2. The Morgan fingerprint density at radius 3 is 2.67 bits per heavy atom. The smallest absolute Gasteiger partial charge is 0.312 e. The Kier molecular flexibility index (Phi) is 8.14. The summed E-state index contributed by atoms with van der Waals surface area (Å²) in [7, 11) is 2.16. The second-order valence-corrected chi connectivity index (χ2v) is 12.4. The van der Waals surface area contributed by atoms with Crippen LogP contribution < -0.4 is 0 Å². The van der Waals surface area contributed by atoms with Gasteiger partial charge in [-0.3, -0.25) is 4.79 Å². The zero-order valence-corrected chi connectivity index (χ0v) is 24.1. The number of aromatic nitrogens is 2. The van der Waals surface area contributed by atoms with Crippen LogP contribution in [-0.4, -0.2) is 46.6 Å². The maximum atomic E-state index is 14.1. The van der Waals surface area contributed by atoms with Crippen molar-refractivity contribution in [3.63, 3.8) is 0 Å². The van der Waals surface area contributed by atoms with Crippen LogP contribution in [0.3, 0.4) is 0 Å². The van der Waals surface area contributed by atoms with Gasteiger partial charge >= 0.3 is 5.97 Å². The minimum Gasteiger partial charge on any atom is -0.458 e. The van der Waals surface area contributed by atoms with Gasteiger partial charge in [0.1, 0.15) is 17.2 Å². The molecule has 5 rings (SSSR count). The van der Waals surface area contributed by atoms with Crippen LogP contribution in [0.4, 0.5) is 4.39 Å². The minimum atomic E-state index is -0.583. The molecule has 0 bridgehead atoms. The van der Waals surface area contributed by atoms with E-state index in [1.807, 2.05) is 24.3 Å². The van der Waals surface area contributed by atoms with E-state index in [1.165, 1.54) is 0 Å². The lowest BCUT2D eigenvalue weighted by Gasteiger charge is -2.49. The van der Waals surface area contributed by atoms with E-state index in [1.54, 1.807) is 12.1 Å². The number of carbonyl (C=O) groups excluding carboxylic acids is 1. The number of ether oxygens (including phenoxy) is 1. The lowest BCUT2D eigenvalue weighted by molar-refractivity contribution is -0.186. The molecule has 210 valence electrons. The molecule has 6 heteroatoms. The summed E-state index contributed by atoms with van der Waals surface area (Å²) in [6.07, 6.45) is 7.92. The maximum Gasteiger partial charge on any atom is 0.312 e. The number of hydrogen-bond acceptors (Lipinski definition) is 4. The molecule has 1 N–H and O–H groups in total. The highest BCUT2D eigenvalue weighted by Crippen LogP contribution is 2.51. The quantitative estimate of drug-likeness (QED) is 0.265. The summed E-state index contributed by atoms with van der Waals surface area (Å²) in [5.74, 6) is 1.13.